The smallest absolute Gasteiger partial charge is 0.332 e. The zero-order chi connectivity index (χ0) is 24.3. The van der Waals surface area contributed by atoms with Crippen LogP contribution in [0, 0.1) is 5.82 Å². The molecule has 0 fully saturated rings. The first-order chi connectivity index (χ1) is 15.5. The number of carbonyl (C=O) groups excluding carboxylic acids is 2. The number of hydrogen-bond acceptors (Lipinski definition) is 4. The van der Waals surface area contributed by atoms with Crippen LogP contribution in [-0.4, -0.2) is 45.1 Å². The summed E-state index contributed by atoms with van der Waals surface area (Å²) in [6.45, 7) is 3.28. The zero-order valence-corrected chi connectivity index (χ0v) is 18.0. The van der Waals surface area contributed by atoms with Crippen LogP contribution in [0.5, 0.6) is 0 Å². The fourth-order valence-electron chi connectivity index (χ4n) is 3.20. The second-order valence-electron chi connectivity index (χ2n) is 7.63. The van der Waals surface area contributed by atoms with Crippen molar-refractivity contribution in [2.75, 3.05) is 18.9 Å². The van der Waals surface area contributed by atoms with Crippen molar-refractivity contribution in [1.82, 2.24) is 19.7 Å². The molecule has 0 aliphatic heterocycles. The van der Waals surface area contributed by atoms with Crippen molar-refractivity contribution in [2.45, 2.75) is 25.9 Å². The number of halogens is 4. The first-order valence-corrected chi connectivity index (χ1v) is 9.89. The summed E-state index contributed by atoms with van der Waals surface area (Å²) in [5, 5.41) is 6.65. The highest BCUT2D eigenvalue weighted by Gasteiger charge is 2.31. The number of pyridine rings is 1. The first kappa shape index (κ1) is 23.9. The molecular formula is C22H21F4N5O2. The van der Waals surface area contributed by atoms with Gasteiger partial charge < -0.3 is 10.2 Å². The summed E-state index contributed by atoms with van der Waals surface area (Å²) in [6.07, 6.45) is -2.53. The van der Waals surface area contributed by atoms with Gasteiger partial charge in [0.1, 0.15) is 5.82 Å². The van der Waals surface area contributed by atoms with Crippen LogP contribution in [0.15, 0.2) is 48.8 Å². The van der Waals surface area contributed by atoms with Gasteiger partial charge in [0, 0.05) is 18.9 Å². The van der Waals surface area contributed by atoms with E-state index in [0.717, 1.165) is 12.1 Å². The number of carbonyl (C=O) groups is 2. The molecule has 0 saturated carbocycles. The maximum absolute atomic E-state index is 13.3. The summed E-state index contributed by atoms with van der Waals surface area (Å²) in [7, 11) is 1.42. The number of nitrogens with zero attached hydrogens (tertiary/aromatic N) is 4. The molecule has 2 amide bonds. The fraction of sp³-hybridized carbons (Fsp3) is 0.273. The monoisotopic (exact) mass is 463 g/mol. The zero-order valence-electron chi connectivity index (χ0n) is 18.0. The first-order valence-electron chi connectivity index (χ1n) is 9.89. The summed E-state index contributed by atoms with van der Waals surface area (Å²) < 4.78 is 53.1. The second kappa shape index (κ2) is 9.39. The average Bonchev–Trinajstić information content (AvgIpc) is 3.18. The van der Waals surface area contributed by atoms with Gasteiger partial charge in [-0.15, -0.1) is 0 Å². The Balaban J connectivity index is 1.80. The number of amides is 2. The van der Waals surface area contributed by atoms with Gasteiger partial charge in [-0.05, 0) is 36.2 Å². The number of likely N-dealkylation sites (N-methyl/N-ethyl adjacent to an activating group) is 1. The molecule has 0 aliphatic rings. The van der Waals surface area contributed by atoms with E-state index in [2.05, 4.69) is 15.4 Å². The quantitative estimate of drug-likeness (QED) is 0.554. The van der Waals surface area contributed by atoms with Crippen molar-refractivity contribution in [3.63, 3.8) is 0 Å². The van der Waals surface area contributed by atoms with Gasteiger partial charge >= 0.3 is 6.18 Å². The summed E-state index contributed by atoms with van der Waals surface area (Å²) in [5.41, 5.74) is -0.0211. The van der Waals surface area contributed by atoms with Crippen molar-refractivity contribution >= 4 is 17.5 Å². The number of hydrogen-bond donors (Lipinski definition) is 1. The molecule has 0 bridgehead atoms. The molecule has 33 heavy (non-hydrogen) atoms. The lowest BCUT2D eigenvalue weighted by molar-refractivity contribution is -0.137. The number of benzene rings is 1. The highest BCUT2D eigenvalue weighted by atomic mass is 19.4. The normalized spacial score (nSPS) is 11.5. The highest BCUT2D eigenvalue weighted by Crippen LogP contribution is 2.29. The molecule has 2 aromatic heterocycles. The van der Waals surface area contributed by atoms with Gasteiger partial charge in [0.2, 0.25) is 5.91 Å². The molecular weight excluding hydrogens is 442 g/mol. The van der Waals surface area contributed by atoms with Gasteiger partial charge in [-0.2, -0.15) is 18.3 Å². The molecule has 0 spiro atoms. The van der Waals surface area contributed by atoms with E-state index in [4.69, 9.17) is 0 Å². The third kappa shape index (κ3) is 5.54. The Labute approximate surface area is 187 Å². The van der Waals surface area contributed by atoms with E-state index < -0.39 is 29.4 Å². The number of rotatable bonds is 6. The van der Waals surface area contributed by atoms with Crippen molar-refractivity contribution < 1.29 is 27.2 Å². The van der Waals surface area contributed by atoms with Crippen LogP contribution >= 0.6 is 0 Å². The second-order valence-corrected chi connectivity index (χ2v) is 7.63. The Bertz CT molecular complexity index is 1160. The molecule has 0 atom stereocenters. The van der Waals surface area contributed by atoms with Crippen LogP contribution in [0.4, 0.5) is 23.2 Å². The molecule has 2 heterocycles. The van der Waals surface area contributed by atoms with E-state index in [0.29, 0.717) is 11.9 Å². The minimum Gasteiger partial charge on any atom is -0.332 e. The highest BCUT2D eigenvalue weighted by molar-refractivity contribution is 5.99. The van der Waals surface area contributed by atoms with Crippen molar-refractivity contribution in [1.29, 1.82) is 0 Å². The molecule has 11 heteroatoms. The van der Waals surface area contributed by atoms with E-state index in [1.807, 2.05) is 0 Å². The van der Waals surface area contributed by atoms with E-state index in [-0.39, 0.29) is 29.5 Å². The molecule has 3 rings (SSSR count). The van der Waals surface area contributed by atoms with Gasteiger partial charge in [0.15, 0.2) is 5.82 Å². The lowest BCUT2D eigenvalue weighted by Gasteiger charge is -2.18. The van der Waals surface area contributed by atoms with Crippen LogP contribution in [-0.2, 0) is 11.0 Å². The molecule has 1 aromatic carbocycles. The number of anilines is 1. The van der Waals surface area contributed by atoms with Crippen LogP contribution < -0.4 is 5.32 Å². The maximum atomic E-state index is 13.3. The molecule has 174 valence electrons. The predicted octanol–water partition coefficient (Wildman–Crippen LogP) is 4.26. The molecule has 3 aromatic rings. The lowest BCUT2D eigenvalue weighted by atomic mass is 10.0. The van der Waals surface area contributed by atoms with Gasteiger partial charge in [0.05, 0.1) is 29.6 Å². The van der Waals surface area contributed by atoms with Crippen LogP contribution in [0.3, 0.4) is 0 Å². The Morgan fingerprint density at radius 1 is 1.15 bits per heavy atom. The van der Waals surface area contributed by atoms with E-state index in [1.165, 1.54) is 47.1 Å². The molecule has 7 nitrogen and oxygen atoms in total. The molecule has 0 saturated heterocycles. The minimum atomic E-state index is -4.52. The minimum absolute atomic E-state index is 0.122. The Morgan fingerprint density at radius 3 is 2.45 bits per heavy atom. The SMILES string of the molecule is CC(C)c1c(C(=O)N(C)CC(=O)Nc2cccc(F)c2)cnn1-c1ccc(C(F)(F)F)cn1. The topological polar surface area (TPSA) is 80.1 Å². The van der Waals surface area contributed by atoms with Crippen molar-refractivity contribution in [3.05, 3.63) is 71.4 Å². The van der Waals surface area contributed by atoms with Crippen LogP contribution in [0.2, 0.25) is 0 Å². The summed E-state index contributed by atoms with van der Waals surface area (Å²) >= 11 is 0. The summed E-state index contributed by atoms with van der Waals surface area (Å²) in [5.74, 6) is -1.66. The van der Waals surface area contributed by atoms with Crippen molar-refractivity contribution in [3.8, 4) is 5.82 Å². The lowest BCUT2D eigenvalue weighted by Crippen LogP contribution is -2.35. The number of nitrogens with one attached hydrogen (secondary N) is 1. The van der Waals surface area contributed by atoms with E-state index >= 15 is 0 Å². The average molecular weight is 463 g/mol. The molecule has 1 N–H and O–H groups in total. The maximum Gasteiger partial charge on any atom is 0.417 e. The van der Waals surface area contributed by atoms with E-state index in [9.17, 15) is 27.2 Å². The standard InChI is InChI=1S/C22H21F4N5O2/c1-13(2)20-17(11-28-31(20)18-8-7-14(10-27-18)22(24,25)26)21(33)30(3)12-19(32)29-16-6-4-5-15(23)9-16/h4-11,13H,12H2,1-3H3,(H,29,32). The van der Waals surface area contributed by atoms with Crippen LogP contribution in [0.1, 0.15) is 41.4 Å². The summed E-state index contributed by atoms with van der Waals surface area (Å²) in [6, 6.07) is 7.41. The third-order valence-corrected chi connectivity index (χ3v) is 4.71. The fourth-order valence-corrected chi connectivity index (χ4v) is 3.20. The molecule has 0 unspecified atom stereocenters. The molecule has 0 aliphatic carbocycles. The Morgan fingerprint density at radius 2 is 1.88 bits per heavy atom. The van der Waals surface area contributed by atoms with Crippen molar-refractivity contribution in [2.24, 2.45) is 0 Å². The molecule has 0 radical (unpaired) electrons. The summed E-state index contributed by atoms with van der Waals surface area (Å²) in [4.78, 5) is 30.3. The Hall–Kier alpha value is -3.76. The van der Waals surface area contributed by atoms with Gasteiger partial charge in [0.25, 0.3) is 5.91 Å². The van der Waals surface area contributed by atoms with Gasteiger partial charge in [-0.25, -0.2) is 14.1 Å². The third-order valence-electron chi connectivity index (χ3n) is 4.71. The largest absolute Gasteiger partial charge is 0.417 e. The predicted molar refractivity (Wildman–Crippen MR) is 112 cm³/mol. The van der Waals surface area contributed by atoms with Gasteiger partial charge in [-0.1, -0.05) is 19.9 Å². The Kier molecular flexibility index (Phi) is 6.80. The number of alkyl halides is 3. The van der Waals surface area contributed by atoms with Gasteiger partial charge in [-0.3, -0.25) is 9.59 Å². The van der Waals surface area contributed by atoms with E-state index in [1.54, 1.807) is 13.8 Å². The number of aromatic nitrogens is 3. The van der Waals surface area contributed by atoms with Crippen LogP contribution in [0.25, 0.3) is 5.82 Å².